The van der Waals surface area contributed by atoms with Crippen LogP contribution in [0.5, 0.6) is 5.75 Å². The number of nitrogens with two attached hydrogens (primary N) is 1. The molecule has 24 heavy (non-hydrogen) atoms. The van der Waals surface area contributed by atoms with E-state index in [2.05, 4.69) is 9.97 Å². The van der Waals surface area contributed by atoms with Crippen LogP contribution < -0.4 is 10.5 Å². The first kappa shape index (κ1) is 16.4. The quantitative estimate of drug-likeness (QED) is 0.763. The first-order valence-electron chi connectivity index (χ1n) is 7.33. The molecule has 3 rings (SSSR count). The third kappa shape index (κ3) is 3.69. The van der Waals surface area contributed by atoms with Gasteiger partial charge in [-0.1, -0.05) is 48.0 Å². The highest BCUT2D eigenvalue weighted by molar-refractivity contribution is 6.30. The molecular weight excluding hydrogens is 329 g/mol. The van der Waals surface area contributed by atoms with Gasteiger partial charge in [-0.2, -0.15) is 0 Å². The molecule has 6 heteroatoms. The van der Waals surface area contributed by atoms with Gasteiger partial charge in [0.25, 0.3) is 0 Å². The van der Waals surface area contributed by atoms with Crippen LogP contribution >= 0.6 is 11.6 Å². The van der Waals surface area contributed by atoms with E-state index in [1.807, 2.05) is 30.3 Å². The molecule has 0 saturated heterocycles. The van der Waals surface area contributed by atoms with E-state index < -0.39 is 11.9 Å². The van der Waals surface area contributed by atoms with Crippen LogP contribution in [0.1, 0.15) is 22.9 Å². The molecule has 4 nitrogen and oxygen atoms in total. The second-order valence-corrected chi connectivity index (χ2v) is 5.53. The minimum atomic E-state index is -0.620. The first-order valence-corrected chi connectivity index (χ1v) is 7.71. The van der Waals surface area contributed by atoms with Gasteiger partial charge >= 0.3 is 0 Å². The molecule has 0 aliphatic heterocycles. The van der Waals surface area contributed by atoms with Crippen molar-refractivity contribution >= 4 is 11.6 Å². The Bertz CT molecular complexity index is 830. The summed E-state index contributed by atoms with van der Waals surface area (Å²) in [5, 5.41) is 0.223. The highest BCUT2D eigenvalue weighted by Crippen LogP contribution is 2.27. The Morgan fingerprint density at radius 1 is 1.08 bits per heavy atom. The predicted molar refractivity (Wildman–Crippen MR) is 90.2 cm³/mol. The van der Waals surface area contributed by atoms with Gasteiger partial charge in [0.2, 0.25) is 0 Å². The normalized spacial score (nSPS) is 12.0. The second kappa shape index (κ2) is 7.38. The van der Waals surface area contributed by atoms with E-state index in [4.69, 9.17) is 22.1 Å². The van der Waals surface area contributed by atoms with Crippen molar-refractivity contribution in [3.63, 3.8) is 0 Å². The molecule has 0 aliphatic rings. The standard InChI is InChI=1S/C18H15ClFN3O/c19-18-17(22-8-9-23-18)16(21)13-6-7-14(20)15(10-13)24-11-12-4-2-1-3-5-12/h1-10,16H,11,21H2. The Labute approximate surface area is 144 Å². The summed E-state index contributed by atoms with van der Waals surface area (Å²) in [6.45, 7) is 0.266. The van der Waals surface area contributed by atoms with Gasteiger partial charge in [0.1, 0.15) is 6.61 Å². The average Bonchev–Trinajstić information content (AvgIpc) is 2.62. The maximum Gasteiger partial charge on any atom is 0.165 e. The van der Waals surface area contributed by atoms with Crippen LogP contribution in [0, 0.1) is 5.82 Å². The summed E-state index contributed by atoms with van der Waals surface area (Å²) >= 11 is 6.02. The van der Waals surface area contributed by atoms with Gasteiger partial charge in [-0.05, 0) is 23.3 Å². The number of rotatable bonds is 5. The van der Waals surface area contributed by atoms with Crippen LogP contribution in [0.2, 0.25) is 5.15 Å². The molecule has 0 saturated carbocycles. The number of aromatic nitrogens is 2. The number of halogens is 2. The lowest BCUT2D eigenvalue weighted by Crippen LogP contribution is -2.15. The van der Waals surface area contributed by atoms with E-state index in [0.29, 0.717) is 11.3 Å². The average molecular weight is 344 g/mol. The highest BCUT2D eigenvalue weighted by atomic mass is 35.5. The Hall–Kier alpha value is -2.50. The highest BCUT2D eigenvalue weighted by Gasteiger charge is 2.17. The van der Waals surface area contributed by atoms with E-state index in [1.54, 1.807) is 12.1 Å². The fourth-order valence-electron chi connectivity index (χ4n) is 2.26. The minimum absolute atomic E-state index is 0.131. The fourth-order valence-corrected chi connectivity index (χ4v) is 2.48. The molecule has 122 valence electrons. The zero-order chi connectivity index (χ0) is 16.9. The maximum atomic E-state index is 14.0. The molecule has 0 bridgehead atoms. The van der Waals surface area contributed by atoms with E-state index in [-0.39, 0.29) is 17.5 Å². The summed E-state index contributed by atoms with van der Waals surface area (Å²) in [5.41, 5.74) is 8.20. The molecule has 1 heterocycles. The Morgan fingerprint density at radius 3 is 2.58 bits per heavy atom. The summed E-state index contributed by atoms with van der Waals surface area (Å²) in [4.78, 5) is 8.11. The van der Waals surface area contributed by atoms with Crippen molar-refractivity contribution in [2.24, 2.45) is 5.73 Å². The molecule has 2 N–H and O–H groups in total. The van der Waals surface area contributed by atoms with E-state index in [0.717, 1.165) is 5.56 Å². The predicted octanol–water partition coefficient (Wildman–Crippen LogP) is 3.90. The molecule has 0 spiro atoms. The lowest BCUT2D eigenvalue weighted by atomic mass is 10.0. The fraction of sp³-hybridized carbons (Fsp3) is 0.111. The summed E-state index contributed by atoms with van der Waals surface area (Å²) in [7, 11) is 0. The molecule has 0 fully saturated rings. The van der Waals surface area contributed by atoms with Crippen LogP contribution in [0.4, 0.5) is 4.39 Å². The van der Waals surface area contributed by atoms with Crippen LogP contribution in [-0.2, 0) is 6.61 Å². The van der Waals surface area contributed by atoms with E-state index in [1.165, 1.54) is 18.5 Å². The Kier molecular flexibility index (Phi) is 5.03. The number of benzene rings is 2. The number of hydrogen-bond donors (Lipinski definition) is 1. The van der Waals surface area contributed by atoms with Gasteiger partial charge in [0, 0.05) is 12.4 Å². The Morgan fingerprint density at radius 2 is 1.83 bits per heavy atom. The first-order chi connectivity index (χ1) is 11.6. The van der Waals surface area contributed by atoms with E-state index in [9.17, 15) is 4.39 Å². The zero-order valence-electron chi connectivity index (χ0n) is 12.7. The van der Waals surface area contributed by atoms with Crippen molar-refractivity contribution in [2.75, 3.05) is 0 Å². The summed E-state index contributed by atoms with van der Waals surface area (Å²) < 4.78 is 19.6. The molecule has 3 aromatic rings. The van der Waals surface area contributed by atoms with Crippen molar-refractivity contribution in [1.29, 1.82) is 0 Å². The lowest BCUT2D eigenvalue weighted by Gasteiger charge is -2.14. The molecule has 2 aromatic carbocycles. The second-order valence-electron chi connectivity index (χ2n) is 5.17. The molecule has 0 radical (unpaired) electrons. The van der Waals surface area contributed by atoms with Gasteiger partial charge in [0.05, 0.1) is 11.7 Å². The van der Waals surface area contributed by atoms with Crippen LogP contribution in [0.3, 0.4) is 0 Å². The molecule has 1 atom stereocenters. The Balaban J connectivity index is 1.82. The van der Waals surface area contributed by atoms with Gasteiger partial charge in [-0.25, -0.2) is 9.37 Å². The molecule has 0 amide bonds. The minimum Gasteiger partial charge on any atom is -0.486 e. The van der Waals surface area contributed by atoms with Gasteiger partial charge in [-0.3, -0.25) is 4.98 Å². The van der Waals surface area contributed by atoms with Crippen molar-refractivity contribution in [2.45, 2.75) is 12.6 Å². The van der Waals surface area contributed by atoms with Crippen molar-refractivity contribution < 1.29 is 9.13 Å². The molecular formula is C18H15ClFN3O. The monoisotopic (exact) mass is 343 g/mol. The van der Waals surface area contributed by atoms with Gasteiger partial charge in [0.15, 0.2) is 16.7 Å². The summed E-state index contributed by atoms with van der Waals surface area (Å²) in [5.74, 6) is -0.320. The van der Waals surface area contributed by atoms with E-state index >= 15 is 0 Å². The third-order valence-electron chi connectivity index (χ3n) is 3.53. The molecule has 0 aliphatic carbocycles. The molecule has 1 aromatic heterocycles. The summed E-state index contributed by atoms with van der Waals surface area (Å²) in [6.07, 6.45) is 3.00. The SMILES string of the molecule is NC(c1ccc(F)c(OCc2ccccc2)c1)c1nccnc1Cl. The largest absolute Gasteiger partial charge is 0.486 e. The van der Waals surface area contributed by atoms with Crippen molar-refractivity contribution in [3.8, 4) is 5.75 Å². The zero-order valence-corrected chi connectivity index (χ0v) is 13.4. The number of ether oxygens (including phenoxy) is 1. The van der Waals surface area contributed by atoms with Gasteiger partial charge in [-0.15, -0.1) is 0 Å². The third-order valence-corrected chi connectivity index (χ3v) is 3.82. The molecule has 1 unspecified atom stereocenters. The van der Waals surface area contributed by atoms with Crippen LogP contribution in [-0.4, -0.2) is 9.97 Å². The van der Waals surface area contributed by atoms with Crippen molar-refractivity contribution in [3.05, 3.63) is 88.7 Å². The topological polar surface area (TPSA) is 61.0 Å². The van der Waals surface area contributed by atoms with Gasteiger partial charge < -0.3 is 10.5 Å². The van der Waals surface area contributed by atoms with Crippen LogP contribution in [0.15, 0.2) is 60.9 Å². The van der Waals surface area contributed by atoms with Crippen molar-refractivity contribution in [1.82, 2.24) is 9.97 Å². The lowest BCUT2D eigenvalue weighted by molar-refractivity contribution is 0.290. The maximum absolute atomic E-state index is 14.0. The summed E-state index contributed by atoms with van der Waals surface area (Å²) in [6, 6.07) is 13.4. The smallest absolute Gasteiger partial charge is 0.165 e. The number of nitrogens with zero attached hydrogens (tertiary/aromatic N) is 2. The number of hydrogen-bond acceptors (Lipinski definition) is 4. The van der Waals surface area contributed by atoms with Crippen LogP contribution in [0.25, 0.3) is 0 Å².